The van der Waals surface area contributed by atoms with Crippen LogP contribution in [0.2, 0.25) is 5.09 Å². The van der Waals surface area contributed by atoms with E-state index in [0.717, 1.165) is 0 Å². The molecule has 0 radical (unpaired) electrons. The van der Waals surface area contributed by atoms with Crippen LogP contribution in [0, 0.1) is 0 Å². The minimum atomic E-state index is 1.17. The molecule has 0 aromatic carbocycles. The van der Waals surface area contributed by atoms with Gasteiger partial charge in [0.1, 0.15) is 0 Å². The normalized spacial score (nSPS) is 8.00. The Morgan fingerprint density at radius 2 is 2.17 bits per heavy atom. The third-order valence-corrected chi connectivity index (χ3v) is 0.612. The van der Waals surface area contributed by atoms with Crippen LogP contribution >= 0.6 is 0 Å². The van der Waals surface area contributed by atoms with Gasteiger partial charge in [0.15, 0.2) is 0 Å². The Bertz CT molecular complexity index is 51.0. The molecule has 0 spiro atoms. The summed E-state index contributed by atoms with van der Waals surface area (Å²) in [5, 5.41) is 1.17. The second-order valence-electron chi connectivity index (χ2n) is 1.69. The van der Waals surface area contributed by atoms with Gasteiger partial charge in [-0.1, -0.05) is 0 Å². The molecule has 0 saturated carbocycles. The molecule has 0 aromatic rings. The fourth-order valence-electron chi connectivity index (χ4n) is 0.408. The van der Waals surface area contributed by atoms with Gasteiger partial charge in [0.05, 0.1) is 0 Å². The Morgan fingerprint density at radius 3 is 2.17 bits per heavy atom. The molecule has 0 heterocycles. The Kier molecular flexibility index (Phi) is 3.72. The second kappa shape index (κ2) is 3.52. The molecule has 1 heteroatoms. The first-order chi connectivity index (χ1) is 2.77. The quantitative estimate of drug-likeness (QED) is 0.328. The molecule has 0 unspecified atom stereocenters. The van der Waals surface area contributed by atoms with E-state index in [-0.39, 0.29) is 0 Å². The zero-order valence-corrected chi connectivity index (χ0v) is 4.78. The molecule has 0 rings (SSSR count). The van der Waals surface area contributed by atoms with Gasteiger partial charge in [-0.25, -0.2) is 0 Å². The first-order valence-corrected chi connectivity index (χ1v) is 2.40. The van der Waals surface area contributed by atoms with Gasteiger partial charge in [-0.15, -0.1) is 0 Å². The van der Waals surface area contributed by atoms with Gasteiger partial charge in [-0.3, -0.25) is 0 Å². The molecule has 0 fully saturated rings. The van der Waals surface area contributed by atoms with Gasteiger partial charge < -0.3 is 0 Å². The van der Waals surface area contributed by atoms with Gasteiger partial charge in [0.25, 0.3) is 0 Å². The Morgan fingerprint density at radius 1 is 1.67 bits per heavy atom. The van der Waals surface area contributed by atoms with Crippen molar-refractivity contribution >= 4 is 17.7 Å². The molecule has 0 aromatic heterocycles. The number of hydrogen-bond donors (Lipinski definition) is 0. The van der Waals surface area contributed by atoms with Crippen molar-refractivity contribution in [3.8, 4) is 0 Å². The number of hydrogen-bond acceptors (Lipinski definition) is 0. The summed E-state index contributed by atoms with van der Waals surface area (Å²) in [7, 11) is 0. The van der Waals surface area contributed by atoms with Gasteiger partial charge >= 0.3 is 48.3 Å². The molecule has 0 nitrogen and oxygen atoms in total. The summed E-state index contributed by atoms with van der Waals surface area (Å²) in [6, 6.07) is 0. The maximum absolute atomic E-state index is 2.21. The molecule has 0 aliphatic carbocycles. The van der Waals surface area contributed by atoms with Crippen molar-refractivity contribution in [1.29, 1.82) is 0 Å². The molecule has 0 bridgehead atoms. The van der Waals surface area contributed by atoms with Gasteiger partial charge in [0, 0.05) is 0 Å². The molecule has 30 valence electrons. The standard InChI is InChI=1S/C5H9.Li/c1-4-5(2)3;/h4H,1H2,2-3H3;. The van der Waals surface area contributed by atoms with E-state index in [0.29, 0.717) is 0 Å². The van der Waals surface area contributed by atoms with Crippen molar-refractivity contribution in [3.05, 3.63) is 11.6 Å². The molecular weight excluding hydrogens is 67.0 g/mol. The van der Waals surface area contributed by atoms with Crippen LogP contribution in [0.25, 0.3) is 0 Å². The fourth-order valence-corrected chi connectivity index (χ4v) is 0.408. The summed E-state index contributed by atoms with van der Waals surface area (Å²) in [6.07, 6.45) is 2.21. The van der Waals surface area contributed by atoms with Crippen molar-refractivity contribution < 1.29 is 0 Å². The van der Waals surface area contributed by atoms with E-state index in [9.17, 15) is 0 Å². The molecule has 0 N–H and O–H groups in total. The molecule has 0 aliphatic heterocycles. The molecule has 0 aliphatic rings. The van der Waals surface area contributed by atoms with Crippen molar-refractivity contribution in [2.75, 3.05) is 0 Å². The van der Waals surface area contributed by atoms with Crippen LogP contribution in [0.1, 0.15) is 13.8 Å². The van der Waals surface area contributed by atoms with E-state index in [2.05, 4.69) is 37.6 Å². The molecule has 6 heavy (non-hydrogen) atoms. The summed E-state index contributed by atoms with van der Waals surface area (Å²) >= 11 is 2.15. The Hall–Kier alpha value is 0.337. The third kappa shape index (κ3) is 4.34. The van der Waals surface area contributed by atoms with Crippen LogP contribution in [0.3, 0.4) is 0 Å². The van der Waals surface area contributed by atoms with Crippen LogP contribution in [-0.2, 0) is 0 Å². The average molecular weight is 76.1 g/mol. The molecule has 0 saturated heterocycles. The Labute approximate surface area is 48.8 Å². The average Bonchev–Trinajstić information content (AvgIpc) is 1.35. The summed E-state index contributed by atoms with van der Waals surface area (Å²) < 4.78 is 0. The summed E-state index contributed by atoms with van der Waals surface area (Å²) in [5.74, 6) is 0. The zero-order chi connectivity index (χ0) is 4.99. The summed E-state index contributed by atoms with van der Waals surface area (Å²) in [6.45, 7) is 4.23. The van der Waals surface area contributed by atoms with E-state index in [1.165, 1.54) is 10.7 Å². The topological polar surface area (TPSA) is 0 Å². The van der Waals surface area contributed by atoms with E-state index >= 15 is 0 Å². The summed E-state index contributed by atoms with van der Waals surface area (Å²) in [4.78, 5) is 0. The predicted molar refractivity (Wildman–Crippen MR) is 30.0 cm³/mol. The van der Waals surface area contributed by atoms with E-state index < -0.39 is 0 Å². The predicted octanol–water partition coefficient (Wildman–Crippen LogP) is 1.54. The van der Waals surface area contributed by atoms with Crippen LogP contribution in [0.5, 0.6) is 0 Å². The molecule has 0 amide bonds. The second-order valence-corrected chi connectivity index (χ2v) is 1.69. The summed E-state index contributed by atoms with van der Waals surface area (Å²) in [5.41, 5.74) is 1.41. The van der Waals surface area contributed by atoms with Crippen LogP contribution in [0.4, 0.5) is 0 Å². The molecular formula is C5H9Li. The SMILES string of the molecule is [Li][CH2]C=C(C)C. The third-order valence-electron chi connectivity index (χ3n) is 0.612. The number of rotatable bonds is 1. The monoisotopic (exact) mass is 76.1 g/mol. The van der Waals surface area contributed by atoms with Crippen LogP contribution in [-0.4, -0.2) is 17.7 Å². The number of allylic oxidation sites excluding steroid dienone is 2. The minimum absolute atomic E-state index is 1.17. The Balaban J connectivity index is 3.14. The van der Waals surface area contributed by atoms with Gasteiger partial charge in [-0.2, -0.15) is 0 Å². The first kappa shape index (κ1) is 6.34. The zero-order valence-electron chi connectivity index (χ0n) is 4.78. The van der Waals surface area contributed by atoms with E-state index in [1.54, 1.807) is 0 Å². The maximum atomic E-state index is 2.21. The van der Waals surface area contributed by atoms with Crippen molar-refractivity contribution in [1.82, 2.24) is 0 Å². The van der Waals surface area contributed by atoms with Crippen LogP contribution < -0.4 is 0 Å². The van der Waals surface area contributed by atoms with Gasteiger partial charge in [-0.05, 0) is 0 Å². The van der Waals surface area contributed by atoms with Crippen molar-refractivity contribution in [2.24, 2.45) is 0 Å². The first-order valence-electron chi connectivity index (χ1n) is 2.40. The van der Waals surface area contributed by atoms with Crippen molar-refractivity contribution in [2.45, 2.75) is 18.9 Å². The fraction of sp³-hybridized carbons (Fsp3) is 0.600. The van der Waals surface area contributed by atoms with E-state index in [4.69, 9.17) is 0 Å². The van der Waals surface area contributed by atoms with Crippen LogP contribution in [0.15, 0.2) is 11.6 Å². The van der Waals surface area contributed by atoms with Gasteiger partial charge in [0.2, 0.25) is 0 Å². The molecule has 0 atom stereocenters. The van der Waals surface area contributed by atoms with Crippen molar-refractivity contribution in [3.63, 3.8) is 0 Å². The van der Waals surface area contributed by atoms with E-state index in [1.807, 2.05) is 0 Å².